The van der Waals surface area contributed by atoms with Crippen LogP contribution in [0.15, 0.2) is 54.6 Å². The number of rotatable bonds is 6. The molecule has 0 spiro atoms. The Bertz CT molecular complexity index is 986. The molecule has 0 aliphatic rings. The van der Waals surface area contributed by atoms with Crippen LogP contribution < -0.4 is 20.1 Å². The molecule has 0 aliphatic carbocycles. The van der Waals surface area contributed by atoms with Crippen molar-refractivity contribution in [1.29, 1.82) is 0 Å². The van der Waals surface area contributed by atoms with E-state index in [9.17, 15) is 4.79 Å². The van der Waals surface area contributed by atoms with E-state index in [1.54, 1.807) is 31.4 Å². The Morgan fingerprint density at radius 1 is 0.931 bits per heavy atom. The van der Waals surface area contributed by atoms with E-state index in [0.717, 1.165) is 33.9 Å². The van der Waals surface area contributed by atoms with Gasteiger partial charge in [0.05, 0.1) is 12.8 Å². The Morgan fingerprint density at radius 2 is 1.62 bits per heavy atom. The van der Waals surface area contributed by atoms with E-state index >= 15 is 0 Å². The van der Waals surface area contributed by atoms with Gasteiger partial charge in [-0.1, -0.05) is 30.3 Å². The van der Waals surface area contributed by atoms with Crippen LogP contribution in [0.2, 0.25) is 0 Å². The van der Waals surface area contributed by atoms with E-state index in [2.05, 4.69) is 15.6 Å². The monoisotopic (exact) mass is 391 g/mol. The van der Waals surface area contributed by atoms with Crippen LogP contribution in [-0.2, 0) is 6.61 Å². The fraction of sp³-hybridized carbons (Fsp3) is 0.217. The SMILES string of the molecule is COc1ccc(NC(=O)Nc2nc(C)c(OCc3ccccc3)c(C)c2C)cc1. The Balaban J connectivity index is 1.70. The predicted octanol–water partition coefficient (Wildman–Crippen LogP) is 5.24. The molecule has 2 N–H and O–H groups in total. The van der Waals surface area contributed by atoms with Crippen LogP contribution in [0, 0.1) is 20.8 Å². The van der Waals surface area contributed by atoms with Crippen LogP contribution in [0.25, 0.3) is 0 Å². The van der Waals surface area contributed by atoms with Crippen LogP contribution in [0.5, 0.6) is 11.5 Å². The lowest BCUT2D eigenvalue weighted by atomic mass is 10.1. The number of anilines is 2. The first-order valence-electron chi connectivity index (χ1n) is 9.34. The summed E-state index contributed by atoms with van der Waals surface area (Å²) in [5.74, 6) is 1.98. The average molecular weight is 391 g/mol. The van der Waals surface area contributed by atoms with Crippen LogP contribution in [-0.4, -0.2) is 18.1 Å². The second-order valence-electron chi connectivity index (χ2n) is 6.71. The van der Waals surface area contributed by atoms with E-state index in [4.69, 9.17) is 9.47 Å². The van der Waals surface area contributed by atoms with Crippen molar-refractivity contribution in [3.8, 4) is 11.5 Å². The molecule has 0 aliphatic heterocycles. The van der Waals surface area contributed by atoms with Gasteiger partial charge in [-0.2, -0.15) is 0 Å². The summed E-state index contributed by atoms with van der Waals surface area (Å²) in [7, 11) is 1.60. The zero-order chi connectivity index (χ0) is 20.8. The van der Waals surface area contributed by atoms with Crippen molar-refractivity contribution in [3.63, 3.8) is 0 Å². The van der Waals surface area contributed by atoms with Gasteiger partial charge in [0.15, 0.2) is 0 Å². The molecule has 0 radical (unpaired) electrons. The van der Waals surface area contributed by atoms with Gasteiger partial charge in [-0.25, -0.2) is 9.78 Å². The second kappa shape index (κ2) is 9.10. The van der Waals surface area contributed by atoms with Gasteiger partial charge in [-0.15, -0.1) is 0 Å². The molecule has 1 heterocycles. The number of benzene rings is 2. The van der Waals surface area contributed by atoms with E-state index in [-0.39, 0.29) is 6.03 Å². The van der Waals surface area contributed by atoms with Crippen molar-refractivity contribution in [2.45, 2.75) is 27.4 Å². The number of amides is 2. The van der Waals surface area contributed by atoms with Gasteiger partial charge < -0.3 is 14.8 Å². The highest BCUT2D eigenvalue weighted by molar-refractivity contribution is 5.99. The maximum absolute atomic E-state index is 12.4. The molecule has 0 fully saturated rings. The second-order valence-corrected chi connectivity index (χ2v) is 6.71. The number of pyridine rings is 1. The molecule has 29 heavy (non-hydrogen) atoms. The van der Waals surface area contributed by atoms with Crippen molar-refractivity contribution in [3.05, 3.63) is 77.0 Å². The number of aromatic nitrogens is 1. The summed E-state index contributed by atoms with van der Waals surface area (Å²) in [5.41, 5.74) is 4.29. The molecule has 2 amide bonds. The van der Waals surface area contributed by atoms with E-state index in [1.807, 2.05) is 51.1 Å². The Labute approximate surface area is 170 Å². The largest absolute Gasteiger partial charge is 0.497 e. The van der Waals surface area contributed by atoms with Crippen molar-refractivity contribution < 1.29 is 14.3 Å². The summed E-state index contributed by atoms with van der Waals surface area (Å²) in [6.45, 7) is 6.23. The summed E-state index contributed by atoms with van der Waals surface area (Å²) in [4.78, 5) is 16.9. The number of methoxy groups -OCH3 is 1. The molecule has 2 aromatic carbocycles. The highest BCUT2D eigenvalue weighted by Crippen LogP contribution is 2.29. The molecule has 1 aromatic heterocycles. The minimum atomic E-state index is -0.359. The molecule has 3 rings (SSSR count). The van der Waals surface area contributed by atoms with Crippen molar-refractivity contribution in [2.75, 3.05) is 17.7 Å². The molecular weight excluding hydrogens is 366 g/mol. The number of hydrogen-bond acceptors (Lipinski definition) is 4. The van der Waals surface area contributed by atoms with Crippen LogP contribution in [0.1, 0.15) is 22.4 Å². The normalized spacial score (nSPS) is 10.3. The van der Waals surface area contributed by atoms with Crippen molar-refractivity contribution in [2.24, 2.45) is 0 Å². The zero-order valence-corrected chi connectivity index (χ0v) is 17.1. The minimum Gasteiger partial charge on any atom is -0.497 e. The third-order valence-electron chi connectivity index (χ3n) is 4.67. The lowest BCUT2D eigenvalue weighted by Crippen LogP contribution is -2.21. The Hall–Kier alpha value is -3.54. The third kappa shape index (κ3) is 5.04. The van der Waals surface area contributed by atoms with Crippen molar-refractivity contribution in [1.82, 2.24) is 4.98 Å². The summed E-state index contributed by atoms with van der Waals surface area (Å²) in [6, 6.07) is 16.7. The number of ether oxygens (including phenoxy) is 2. The van der Waals surface area contributed by atoms with Crippen LogP contribution >= 0.6 is 0 Å². The molecule has 6 nitrogen and oxygen atoms in total. The summed E-state index contributed by atoms with van der Waals surface area (Å²) in [6.07, 6.45) is 0. The van der Waals surface area contributed by atoms with Gasteiger partial charge >= 0.3 is 6.03 Å². The number of carbonyl (C=O) groups excluding carboxylic acids is 1. The maximum atomic E-state index is 12.4. The first-order valence-corrected chi connectivity index (χ1v) is 9.34. The van der Waals surface area contributed by atoms with E-state index in [1.165, 1.54) is 0 Å². The first-order chi connectivity index (χ1) is 14.0. The molecule has 0 bridgehead atoms. The highest BCUT2D eigenvalue weighted by Gasteiger charge is 2.15. The lowest BCUT2D eigenvalue weighted by Gasteiger charge is -2.17. The van der Waals surface area contributed by atoms with Crippen LogP contribution in [0.3, 0.4) is 0 Å². The quantitative estimate of drug-likeness (QED) is 0.603. The maximum Gasteiger partial charge on any atom is 0.324 e. The zero-order valence-electron chi connectivity index (χ0n) is 17.1. The number of nitrogens with zero attached hydrogens (tertiary/aromatic N) is 1. The topological polar surface area (TPSA) is 72.5 Å². The molecule has 150 valence electrons. The standard InChI is InChI=1S/C23H25N3O3/c1-15-16(2)22(26-23(27)25-19-10-12-20(28-4)13-11-19)24-17(3)21(15)29-14-18-8-6-5-7-9-18/h5-13H,14H2,1-4H3,(H2,24,25,26,27). The van der Waals surface area contributed by atoms with Gasteiger partial charge in [-0.05, 0) is 61.7 Å². The molecule has 0 saturated carbocycles. The lowest BCUT2D eigenvalue weighted by molar-refractivity contribution is 0.262. The number of carbonyl (C=O) groups is 1. The third-order valence-corrected chi connectivity index (χ3v) is 4.67. The smallest absolute Gasteiger partial charge is 0.324 e. The minimum absolute atomic E-state index is 0.359. The van der Waals surface area contributed by atoms with Gasteiger partial charge in [0.1, 0.15) is 23.9 Å². The fourth-order valence-electron chi connectivity index (χ4n) is 2.93. The van der Waals surface area contributed by atoms with Crippen molar-refractivity contribution >= 4 is 17.5 Å². The van der Waals surface area contributed by atoms with Crippen LogP contribution in [0.4, 0.5) is 16.3 Å². The van der Waals surface area contributed by atoms with Gasteiger partial charge in [0, 0.05) is 5.69 Å². The van der Waals surface area contributed by atoms with E-state index in [0.29, 0.717) is 18.1 Å². The molecule has 6 heteroatoms. The van der Waals surface area contributed by atoms with Gasteiger partial charge in [0.25, 0.3) is 0 Å². The predicted molar refractivity (Wildman–Crippen MR) is 115 cm³/mol. The number of hydrogen-bond donors (Lipinski definition) is 2. The molecular formula is C23H25N3O3. The van der Waals surface area contributed by atoms with Gasteiger partial charge in [-0.3, -0.25) is 5.32 Å². The summed E-state index contributed by atoms with van der Waals surface area (Å²) >= 11 is 0. The molecule has 0 saturated heterocycles. The summed E-state index contributed by atoms with van der Waals surface area (Å²) < 4.78 is 11.1. The number of nitrogens with one attached hydrogen (secondary N) is 2. The average Bonchev–Trinajstić information content (AvgIpc) is 2.73. The first kappa shape index (κ1) is 20.2. The fourth-order valence-corrected chi connectivity index (χ4v) is 2.93. The molecule has 0 unspecified atom stereocenters. The molecule has 3 aromatic rings. The Kier molecular flexibility index (Phi) is 6.34. The Morgan fingerprint density at radius 3 is 2.28 bits per heavy atom. The van der Waals surface area contributed by atoms with E-state index < -0.39 is 0 Å². The number of urea groups is 1. The van der Waals surface area contributed by atoms with Gasteiger partial charge in [0.2, 0.25) is 0 Å². The number of aryl methyl sites for hydroxylation is 1. The highest BCUT2D eigenvalue weighted by atomic mass is 16.5. The molecule has 0 atom stereocenters. The summed E-state index contributed by atoms with van der Waals surface area (Å²) in [5, 5.41) is 5.61.